The van der Waals surface area contributed by atoms with E-state index in [0.717, 1.165) is 6.42 Å². The van der Waals surface area contributed by atoms with Gasteiger partial charge in [0.25, 0.3) is 0 Å². The third-order valence-electron chi connectivity index (χ3n) is 6.97. The normalized spacial score (nSPS) is 47.0. The molecule has 2 rings (SSSR count). The molecule has 0 aliphatic carbocycles. The Labute approximate surface area is 163 Å². The minimum absolute atomic E-state index is 0.0739. The molecule has 0 amide bonds. The zero-order chi connectivity index (χ0) is 19.6. The second-order valence-electron chi connectivity index (χ2n) is 8.77. The van der Waals surface area contributed by atoms with Crippen molar-refractivity contribution in [3.05, 3.63) is 0 Å². The third kappa shape index (κ3) is 5.03. The summed E-state index contributed by atoms with van der Waals surface area (Å²) < 4.78 is 24.9. The Morgan fingerprint density at radius 1 is 0.846 bits per heavy atom. The van der Waals surface area contributed by atoms with Crippen molar-refractivity contribution in [2.45, 2.75) is 92.4 Å². The Bertz CT molecular complexity index is 436. The van der Waals surface area contributed by atoms with Crippen molar-refractivity contribution < 1.29 is 18.9 Å². The molecule has 2 heterocycles. The van der Waals surface area contributed by atoms with Gasteiger partial charge in [0.15, 0.2) is 6.29 Å². The Kier molecular flexibility index (Phi) is 8.44. The molecule has 152 valence electrons. The molecule has 26 heavy (non-hydrogen) atoms. The molecule has 2 aliphatic rings. The van der Waals surface area contributed by atoms with Crippen molar-refractivity contribution in [2.24, 2.45) is 29.6 Å². The second kappa shape index (κ2) is 9.70. The molecule has 2 fully saturated rings. The van der Waals surface area contributed by atoms with Crippen LogP contribution in [0.15, 0.2) is 0 Å². The zero-order valence-corrected chi connectivity index (χ0v) is 19.1. The lowest BCUT2D eigenvalue weighted by Gasteiger charge is -2.46. The fourth-order valence-corrected chi connectivity index (χ4v) is 4.73. The third-order valence-corrected chi connectivity index (χ3v) is 7.13. The van der Waals surface area contributed by atoms with Crippen LogP contribution in [-0.4, -0.2) is 43.9 Å². The summed E-state index contributed by atoms with van der Waals surface area (Å²) in [6, 6.07) is 0. The summed E-state index contributed by atoms with van der Waals surface area (Å²) in [6.45, 7) is 18.5. The molecule has 0 aromatic carbocycles. The van der Waals surface area contributed by atoms with E-state index in [-0.39, 0.29) is 37.3 Å². The van der Waals surface area contributed by atoms with Crippen LogP contribution in [0.1, 0.15) is 54.9 Å². The Balaban J connectivity index is 1.94. The van der Waals surface area contributed by atoms with Gasteiger partial charge in [-0.25, -0.2) is 0 Å². The molecule has 0 bridgehead atoms. The van der Waals surface area contributed by atoms with E-state index in [9.17, 15) is 0 Å². The van der Waals surface area contributed by atoms with Crippen LogP contribution in [0.2, 0.25) is 6.82 Å². The molecule has 4 nitrogen and oxygen atoms in total. The van der Waals surface area contributed by atoms with Crippen molar-refractivity contribution in [3.63, 3.8) is 0 Å². The standard InChI is InChI=1S/C20H40BO4P/c1-9-17-12(3)11(2)15(6)20(24-17)22-10-18-13(4)14(5)19(16(7)23-18)25-21(8)26/h11-20H,9-10,26H2,1-8H3/t11-,12+,13+,14-,15?,16-,17?,18?,19?,20+/m0/s1. The molecular weight excluding hydrogens is 346 g/mol. The molecule has 2 aliphatic heterocycles. The number of rotatable bonds is 6. The van der Waals surface area contributed by atoms with Crippen LogP contribution in [0.25, 0.3) is 0 Å². The van der Waals surface area contributed by atoms with E-state index in [4.69, 9.17) is 18.9 Å². The van der Waals surface area contributed by atoms with E-state index in [1.54, 1.807) is 0 Å². The van der Waals surface area contributed by atoms with Crippen molar-refractivity contribution in [1.29, 1.82) is 0 Å². The minimum atomic E-state index is -0.131. The van der Waals surface area contributed by atoms with Gasteiger partial charge in [-0.3, -0.25) is 0 Å². The first-order valence-electron chi connectivity index (χ1n) is 10.5. The van der Waals surface area contributed by atoms with Gasteiger partial charge in [0.2, 0.25) is 0 Å². The summed E-state index contributed by atoms with van der Waals surface area (Å²) in [5.74, 6) is 2.39. The van der Waals surface area contributed by atoms with E-state index in [1.807, 2.05) is 0 Å². The van der Waals surface area contributed by atoms with Crippen LogP contribution in [0.3, 0.4) is 0 Å². The van der Waals surface area contributed by atoms with Gasteiger partial charge in [0, 0.05) is 5.92 Å². The first-order valence-corrected chi connectivity index (χ1v) is 11.2. The van der Waals surface area contributed by atoms with Crippen LogP contribution >= 0.6 is 9.12 Å². The van der Waals surface area contributed by atoms with Gasteiger partial charge >= 0.3 is 6.64 Å². The molecule has 0 spiro atoms. The second-order valence-corrected chi connectivity index (χ2v) is 9.70. The summed E-state index contributed by atoms with van der Waals surface area (Å²) in [5, 5.41) is 0. The lowest BCUT2D eigenvalue weighted by molar-refractivity contribution is -0.267. The van der Waals surface area contributed by atoms with E-state index in [1.165, 1.54) is 0 Å². The van der Waals surface area contributed by atoms with Crippen molar-refractivity contribution in [2.75, 3.05) is 6.61 Å². The summed E-state index contributed by atoms with van der Waals surface area (Å²) in [6.07, 6.45) is 1.48. The first-order chi connectivity index (χ1) is 12.2. The lowest BCUT2D eigenvalue weighted by atomic mass is 9.78. The SMILES string of the molecule is CCC1O[C@@H](OCC2O[C@@H](C)C(OB(C)P)[C@@H](C)[C@H]2C)C(C)[C@@H](C)[C@H]1C. The summed E-state index contributed by atoms with van der Waals surface area (Å²) in [5.41, 5.74) is 0. The van der Waals surface area contributed by atoms with E-state index >= 15 is 0 Å². The average Bonchev–Trinajstić information content (AvgIpc) is 2.59. The van der Waals surface area contributed by atoms with Gasteiger partial charge in [0.05, 0.1) is 31.0 Å². The molecule has 0 aromatic rings. The molecule has 2 saturated heterocycles. The highest BCUT2D eigenvalue weighted by Crippen LogP contribution is 2.38. The van der Waals surface area contributed by atoms with E-state index < -0.39 is 0 Å². The van der Waals surface area contributed by atoms with Gasteiger partial charge in [-0.1, -0.05) is 48.4 Å². The summed E-state index contributed by atoms with van der Waals surface area (Å²) >= 11 is 0. The van der Waals surface area contributed by atoms with Gasteiger partial charge < -0.3 is 18.9 Å². The highest BCUT2D eigenvalue weighted by molar-refractivity contribution is 7.60. The highest BCUT2D eigenvalue weighted by atomic mass is 31.0. The number of ether oxygens (including phenoxy) is 3. The quantitative estimate of drug-likeness (QED) is 0.498. The van der Waals surface area contributed by atoms with Gasteiger partial charge in [0.1, 0.15) is 0 Å². The Morgan fingerprint density at radius 2 is 1.46 bits per heavy atom. The maximum atomic E-state index is 6.30. The summed E-state index contributed by atoms with van der Waals surface area (Å²) in [4.78, 5) is 0. The van der Waals surface area contributed by atoms with Crippen LogP contribution in [-0.2, 0) is 18.9 Å². The highest BCUT2D eigenvalue weighted by Gasteiger charge is 2.43. The van der Waals surface area contributed by atoms with Crippen LogP contribution in [0.5, 0.6) is 0 Å². The average molecular weight is 386 g/mol. The van der Waals surface area contributed by atoms with Gasteiger partial charge in [-0.15, -0.1) is 9.12 Å². The monoisotopic (exact) mass is 386 g/mol. The molecule has 0 aromatic heterocycles. The fourth-order valence-electron chi connectivity index (χ4n) is 4.55. The molecule has 0 N–H and O–H groups in total. The predicted molar refractivity (Wildman–Crippen MR) is 111 cm³/mol. The lowest BCUT2D eigenvalue weighted by Crippen LogP contribution is -2.52. The maximum Gasteiger partial charge on any atom is 0.312 e. The molecular formula is C20H40BO4P. The summed E-state index contributed by atoms with van der Waals surface area (Å²) in [7, 11) is 2.71. The van der Waals surface area contributed by atoms with Crippen LogP contribution in [0.4, 0.5) is 0 Å². The zero-order valence-electron chi connectivity index (χ0n) is 18.0. The van der Waals surface area contributed by atoms with Crippen molar-refractivity contribution >= 4 is 15.8 Å². The fraction of sp³-hybridized carbons (Fsp3) is 1.00. The molecule has 0 radical (unpaired) electrons. The van der Waals surface area contributed by atoms with Gasteiger partial charge in [-0.2, -0.15) is 0 Å². The molecule has 11 atom stereocenters. The molecule has 0 saturated carbocycles. The van der Waals surface area contributed by atoms with E-state index in [0.29, 0.717) is 36.2 Å². The number of hydrogen-bond acceptors (Lipinski definition) is 4. The molecule has 5 unspecified atom stereocenters. The Hall–Kier alpha value is 0.335. The van der Waals surface area contributed by atoms with Crippen molar-refractivity contribution in [1.82, 2.24) is 0 Å². The predicted octanol–water partition coefficient (Wildman–Crippen LogP) is 4.48. The van der Waals surface area contributed by atoms with Crippen LogP contribution < -0.4 is 0 Å². The van der Waals surface area contributed by atoms with Crippen LogP contribution in [0, 0.1) is 29.6 Å². The number of hydrogen-bond donors (Lipinski definition) is 0. The Morgan fingerprint density at radius 3 is 2.04 bits per heavy atom. The largest absolute Gasteiger partial charge is 0.426 e. The topological polar surface area (TPSA) is 36.9 Å². The van der Waals surface area contributed by atoms with E-state index in [2.05, 4.69) is 64.4 Å². The molecule has 6 heteroatoms. The van der Waals surface area contributed by atoms with Crippen molar-refractivity contribution in [3.8, 4) is 0 Å². The minimum Gasteiger partial charge on any atom is -0.426 e. The smallest absolute Gasteiger partial charge is 0.312 e. The van der Waals surface area contributed by atoms with Gasteiger partial charge in [-0.05, 0) is 37.0 Å². The maximum absolute atomic E-state index is 6.30. The first kappa shape index (κ1) is 22.6.